The molecule has 1 aliphatic heterocycles. The van der Waals surface area contributed by atoms with Crippen LogP contribution in [0.4, 0.5) is 13.2 Å². The van der Waals surface area contributed by atoms with Crippen LogP contribution in [0.3, 0.4) is 0 Å². The van der Waals surface area contributed by atoms with Crippen LogP contribution in [0.25, 0.3) is 0 Å². The van der Waals surface area contributed by atoms with E-state index in [1.54, 1.807) is 6.92 Å². The number of nitrogens with zero attached hydrogens (tertiary/aromatic N) is 4. The van der Waals surface area contributed by atoms with Crippen LogP contribution in [0.5, 0.6) is 0 Å². The molecule has 1 aliphatic rings. The van der Waals surface area contributed by atoms with Gasteiger partial charge in [-0.3, -0.25) is 4.79 Å². The highest BCUT2D eigenvalue weighted by atomic mass is 19.4. The van der Waals surface area contributed by atoms with E-state index in [2.05, 4.69) is 4.98 Å². The largest absolute Gasteiger partial charge is 0.425 e. The average molecular weight is 356 g/mol. The minimum atomic E-state index is -5.03. The zero-order valence-electron chi connectivity index (χ0n) is 13.9. The molecule has 6 nitrogen and oxygen atoms in total. The summed E-state index contributed by atoms with van der Waals surface area (Å²) in [5.74, 6) is -1.36. The Morgan fingerprint density at radius 3 is 2.68 bits per heavy atom. The molecule has 2 atom stereocenters. The number of imidazole rings is 1. The topological polar surface area (TPSA) is 63.3 Å². The Morgan fingerprint density at radius 1 is 1.36 bits per heavy atom. The van der Waals surface area contributed by atoms with Gasteiger partial charge in [0, 0.05) is 44.4 Å². The van der Waals surface area contributed by atoms with Crippen LogP contribution in [0.15, 0.2) is 30.7 Å². The SMILES string of the molecule is C[C@@H]1c2cccn2CCN1C(=O)C[C@@](O)(c1nccn1C)C(F)(F)F. The third-order valence-electron chi connectivity index (χ3n) is 4.73. The van der Waals surface area contributed by atoms with Crippen molar-refractivity contribution in [3.63, 3.8) is 0 Å². The number of aliphatic hydroxyl groups is 1. The van der Waals surface area contributed by atoms with E-state index in [-0.39, 0.29) is 12.6 Å². The fraction of sp³-hybridized carbons (Fsp3) is 0.500. The molecule has 0 aromatic carbocycles. The van der Waals surface area contributed by atoms with Crippen molar-refractivity contribution in [3.8, 4) is 0 Å². The maximum absolute atomic E-state index is 13.6. The van der Waals surface area contributed by atoms with Crippen molar-refractivity contribution >= 4 is 5.91 Å². The zero-order valence-corrected chi connectivity index (χ0v) is 13.9. The first-order valence-corrected chi connectivity index (χ1v) is 7.86. The van der Waals surface area contributed by atoms with Crippen molar-refractivity contribution in [2.45, 2.75) is 37.7 Å². The molecule has 2 aromatic heterocycles. The van der Waals surface area contributed by atoms with Crippen molar-refractivity contribution < 1.29 is 23.1 Å². The lowest BCUT2D eigenvalue weighted by atomic mass is 9.96. The first-order chi connectivity index (χ1) is 11.6. The number of rotatable bonds is 3. The molecule has 0 radical (unpaired) electrons. The quantitative estimate of drug-likeness (QED) is 0.915. The van der Waals surface area contributed by atoms with Crippen molar-refractivity contribution in [2.24, 2.45) is 7.05 Å². The van der Waals surface area contributed by atoms with Gasteiger partial charge in [0.15, 0.2) is 5.82 Å². The first kappa shape index (κ1) is 17.5. The summed E-state index contributed by atoms with van der Waals surface area (Å²) in [6.45, 7) is 2.55. The number of halogens is 3. The van der Waals surface area contributed by atoms with Crippen LogP contribution in [0.1, 0.15) is 30.9 Å². The molecule has 2 aromatic rings. The van der Waals surface area contributed by atoms with E-state index in [0.717, 1.165) is 16.5 Å². The van der Waals surface area contributed by atoms with Crippen LogP contribution in [-0.4, -0.2) is 42.8 Å². The highest BCUT2D eigenvalue weighted by Gasteiger charge is 2.59. The van der Waals surface area contributed by atoms with Gasteiger partial charge < -0.3 is 19.1 Å². The van der Waals surface area contributed by atoms with E-state index < -0.39 is 29.9 Å². The summed E-state index contributed by atoms with van der Waals surface area (Å²) in [7, 11) is 1.35. The molecular weight excluding hydrogens is 337 g/mol. The Kier molecular flexibility index (Phi) is 4.14. The summed E-state index contributed by atoms with van der Waals surface area (Å²) in [4.78, 5) is 17.6. The Morgan fingerprint density at radius 2 is 2.08 bits per heavy atom. The van der Waals surface area contributed by atoms with Crippen molar-refractivity contribution in [1.29, 1.82) is 0 Å². The van der Waals surface area contributed by atoms with Crippen molar-refractivity contribution in [2.75, 3.05) is 6.54 Å². The minimum Gasteiger partial charge on any atom is -0.374 e. The van der Waals surface area contributed by atoms with Gasteiger partial charge in [-0.25, -0.2) is 4.98 Å². The van der Waals surface area contributed by atoms with Gasteiger partial charge in [-0.1, -0.05) is 0 Å². The lowest BCUT2D eigenvalue weighted by Gasteiger charge is -2.37. The monoisotopic (exact) mass is 356 g/mol. The number of aryl methyl sites for hydroxylation is 1. The van der Waals surface area contributed by atoms with Gasteiger partial charge >= 0.3 is 6.18 Å². The summed E-state index contributed by atoms with van der Waals surface area (Å²) >= 11 is 0. The Bertz CT molecular complexity index is 782. The number of alkyl halides is 3. The minimum absolute atomic E-state index is 0.288. The second-order valence-electron chi connectivity index (χ2n) is 6.29. The second kappa shape index (κ2) is 5.91. The smallest absolute Gasteiger partial charge is 0.374 e. The maximum atomic E-state index is 13.6. The number of amides is 1. The molecule has 9 heteroatoms. The van der Waals surface area contributed by atoms with E-state index in [9.17, 15) is 23.1 Å². The second-order valence-corrected chi connectivity index (χ2v) is 6.29. The average Bonchev–Trinajstić information content (AvgIpc) is 3.15. The summed E-state index contributed by atoms with van der Waals surface area (Å²) in [5, 5.41) is 10.4. The molecule has 1 amide bonds. The molecule has 0 fully saturated rings. The van der Waals surface area contributed by atoms with Crippen LogP contribution in [0, 0.1) is 0 Å². The van der Waals surface area contributed by atoms with Gasteiger partial charge in [-0.2, -0.15) is 13.2 Å². The van der Waals surface area contributed by atoms with Crippen LogP contribution in [0.2, 0.25) is 0 Å². The number of fused-ring (bicyclic) bond motifs is 1. The highest BCUT2D eigenvalue weighted by Crippen LogP contribution is 2.41. The highest BCUT2D eigenvalue weighted by molar-refractivity contribution is 5.78. The van der Waals surface area contributed by atoms with Gasteiger partial charge in [0.25, 0.3) is 0 Å². The summed E-state index contributed by atoms with van der Waals surface area (Å²) in [6, 6.07) is 3.30. The van der Waals surface area contributed by atoms with Crippen molar-refractivity contribution in [1.82, 2.24) is 19.0 Å². The van der Waals surface area contributed by atoms with Gasteiger partial charge in [-0.15, -0.1) is 0 Å². The summed E-state index contributed by atoms with van der Waals surface area (Å²) in [5.41, 5.74) is -2.48. The van der Waals surface area contributed by atoms with E-state index in [1.165, 1.54) is 18.1 Å². The molecule has 136 valence electrons. The summed E-state index contributed by atoms with van der Waals surface area (Å²) < 4.78 is 43.8. The molecule has 1 N–H and O–H groups in total. The molecule has 0 unspecified atom stereocenters. The van der Waals surface area contributed by atoms with Gasteiger partial charge in [-0.05, 0) is 19.1 Å². The standard InChI is InChI=1S/C16H19F3N4O2/c1-11-12-4-3-6-22(12)8-9-23(11)13(24)10-15(25,16(17,18)19)14-20-5-7-21(14)2/h3-7,11,25H,8-10H2,1-2H3/t11-,15-/m1/s1. The van der Waals surface area contributed by atoms with Crippen molar-refractivity contribution in [3.05, 3.63) is 42.2 Å². The molecule has 0 saturated carbocycles. The zero-order chi connectivity index (χ0) is 18.4. The first-order valence-electron chi connectivity index (χ1n) is 7.86. The molecule has 3 rings (SSSR count). The number of carbonyl (C=O) groups excluding carboxylic acids is 1. The lowest BCUT2D eigenvalue weighted by Crippen LogP contribution is -2.50. The predicted octanol–water partition coefficient (Wildman–Crippen LogP) is 1.96. The fourth-order valence-electron chi connectivity index (χ4n) is 3.31. The Hall–Kier alpha value is -2.29. The molecule has 0 saturated heterocycles. The molecule has 25 heavy (non-hydrogen) atoms. The van der Waals surface area contributed by atoms with E-state index in [0.29, 0.717) is 6.54 Å². The predicted molar refractivity (Wildman–Crippen MR) is 82.3 cm³/mol. The van der Waals surface area contributed by atoms with E-state index in [1.807, 2.05) is 22.9 Å². The van der Waals surface area contributed by atoms with Crippen LogP contribution < -0.4 is 0 Å². The number of aromatic nitrogens is 3. The Labute approximate surface area is 142 Å². The van der Waals surface area contributed by atoms with E-state index >= 15 is 0 Å². The van der Waals surface area contributed by atoms with Crippen LogP contribution >= 0.6 is 0 Å². The Balaban J connectivity index is 1.89. The van der Waals surface area contributed by atoms with Gasteiger partial charge in [0.2, 0.25) is 11.5 Å². The fourth-order valence-corrected chi connectivity index (χ4v) is 3.31. The molecular formula is C16H19F3N4O2. The molecule has 0 spiro atoms. The maximum Gasteiger partial charge on any atom is 0.425 e. The molecule has 0 aliphatic carbocycles. The molecule has 3 heterocycles. The number of hydrogen-bond acceptors (Lipinski definition) is 3. The number of carbonyl (C=O) groups is 1. The number of hydrogen-bond donors (Lipinski definition) is 1. The lowest BCUT2D eigenvalue weighted by molar-refractivity contribution is -0.272. The van der Waals surface area contributed by atoms with Crippen LogP contribution in [-0.2, 0) is 24.0 Å². The van der Waals surface area contributed by atoms with Gasteiger partial charge in [0.1, 0.15) is 0 Å². The van der Waals surface area contributed by atoms with Gasteiger partial charge in [0.05, 0.1) is 12.5 Å². The van der Waals surface area contributed by atoms with E-state index in [4.69, 9.17) is 0 Å². The molecule has 0 bridgehead atoms. The summed E-state index contributed by atoms with van der Waals surface area (Å²) in [6.07, 6.45) is -1.80. The normalized spacial score (nSPS) is 20.2. The third kappa shape index (κ3) is 2.82. The third-order valence-corrected chi connectivity index (χ3v) is 4.73.